The van der Waals surface area contributed by atoms with E-state index in [9.17, 15) is 0 Å². The van der Waals surface area contributed by atoms with E-state index in [2.05, 4.69) is 159 Å². The van der Waals surface area contributed by atoms with Crippen LogP contribution >= 0.6 is 11.8 Å². The third-order valence-electron chi connectivity index (χ3n) is 8.83. The summed E-state index contributed by atoms with van der Waals surface area (Å²) >= 11 is 1.80. The van der Waals surface area contributed by atoms with Crippen molar-refractivity contribution in [3.63, 3.8) is 0 Å². The Kier molecular flexibility index (Phi) is 6.17. The first kappa shape index (κ1) is 25.0. The zero-order valence-electron chi connectivity index (χ0n) is 23.2. The van der Waals surface area contributed by atoms with Gasteiger partial charge >= 0.3 is 0 Å². The number of allylic oxidation sites excluding steroid dienone is 4. The predicted octanol–water partition coefficient (Wildman–Crippen LogP) is 10.8. The molecule has 2 atom stereocenters. The van der Waals surface area contributed by atoms with Gasteiger partial charge in [0.25, 0.3) is 0 Å². The largest absolute Gasteiger partial charge is 0.310 e. The molecule has 2 aliphatic carbocycles. The molecule has 1 nitrogen and oxygen atoms in total. The van der Waals surface area contributed by atoms with Crippen LogP contribution in [0.15, 0.2) is 138 Å². The summed E-state index contributed by atoms with van der Waals surface area (Å²) < 4.78 is 0. The second-order valence-electron chi connectivity index (χ2n) is 11.4. The standard InChI is InChI=1S/C38H33NS/c1-38(2)35-16-10-9-15-32(35)33-21-19-31(25-36(33)38)39(29-18-17-26-11-7-8-14-28(26)23-29)30-20-22-37(40-3)34(24-30)27-12-5-4-6-13-27/h4-25,32,35H,1-3H3/t32?,35-/m0/s1. The number of fused-ring (bicyclic) bond motifs is 4. The van der Waals surface area contributed by atoms with E-state index in [1.54, 1.807) is 11.8 Å². The minimum atomic E-state index is 0.0598. The van der Waals surface area contributed by atoms with Crippen molar-refractivity contribution in [1.29, 1.82) is 0 Å². The number of nitrogens with zero attached hydrogens (tertiary/aromatic N) is 1. The summed E-state index contributed by atoms with van der Waals surface area (Å²) in [7, 11) is 0. The molecule has 0 spiro atoms. The molecular weight excluding hydrogens is 502 g/mol. The fraction of sp³-hybridized carbons (Fsp3) is 0.158. The number of thioether (sulfide) groups is 1. The Labute approximate surface area is 241 Å². The quantitative estimate of drug-likeness (QED) is 0.206. The van der Waals surface area contributed by atoms with E-state index < -0.39 is 0 Å². The molecule has 0 amide bonds. The van der Waals surface area contributed by atoms with Crippen molar-refractivity contribution in [3.8, 4) is 11.1 Å². The molecule has 5 aromatic carbocycles. The van der Waals surface area contributed by atoms with Gasteiger partial charge in [0.1, 0.15) is 0 Å². The van der Waals surface area contributed by atoms with E-state index in [-0.39, 0.29) is 5.41 Å². The predicted molar refractivity (Wildman–Crippen MR) is 173 cm³/mol. The van der Waals surface area contributed by atoms with Gasteiger partial charge in [-0.1, -0.05) is 105 Å². The zero-order valence-corrected chi connectivity index (χ0v) is 24.0. The minimum absolute atomic E-state index is 0.0598. The van der Waals surface area contributed by atoms with Crippen molar-refractivity contribution in [3.05, 3.63) is 145 Å². The molecule has 0 aliphatic heterocycles. The molecule has 0 saturated carbocycles. The highest BCUT2D eigenvalue weighted by Gasteiger charge is 2.44. The number of benzene rings is 5. The average molecular weight is 536 g/mol. The van der Waals surface area contributed by atoms with Crippen LogP contribution in [0.4, 0.5) is 17.1 Å². The van der Waals surface area contributed by atoms with E-state index in [0.29, 0.717) is 11.8 Å². The normalized spacial score (nSPS) is 18.5. The highest BCUT2D eigenvalue weighted by Crippen LogP contribution is 2.54. The first-order chi connectivity index (χ1) is 19.5. The van der Waals surface area contributed by atoms with E-state index >= 15 is 0 Å². The third kappa shape index (κ3) is 4.10. The van der Waals surface area contributed by atoms with Gasteiger partial charge in [0.15, 0.2) is 0 Å². The Bertz CT molecular complexity index is 1780. The maximum absolute atomic E-state index is 2.45. The van der Waals surface area contributed by atoms with E-state index in [4.69, 9.17) is 0 Å². The lowest BCUT2D eigenvalue weighted by Gasteiger charge is -2.31. The summed E-state index contributed by atoms with van der Waals surface area (Å²) in [4.78, 5) is 3.72. The Balaban J connectivity index is 1.43. The third-order valence-corrected chi connectivity index (χ3v) is 9.63. The molecule has 196 valence electrons. The Morgan fingerprint density at radius 2 is 1.32 bits per heavy atom. The van der Waals surface area contributed by atoms with Gasteiger partial charge in [0.2, 0.25) is 0 Å². The summed E-state index contributed by atoms with van der Waals surface area (Å²) in [5.41, 5.74) is 9.01. The van der Waals surface area contributed by atoms with Crippen molar-refractivity contribution in [2.45, 2.75) is 30.1 Å². The Morgan fingerprint density at radius 3 is 2.15 bits per heavy atom. The second kappa shape index (κ2) is 9.87. The molecule has 0 N–H and O–H groups in total. The van der Waals surface area contributed by atoms with Crippen LogP contribution < -0.4 is 4.90 Å². The molecule has 0 bridgehead atoms. The van der Waals surface area contributed by atoms with Crippen molar-refractivity contribution < 1.29 is 0 Å². The topological polar surface area (TPSA) is 3.24 Å². The van der Waals surface area contributed by atoms with Gasteiger partial charge in [-0.25, -0.2) is 0 Å². The van der Waals surface area contributed by atoms with E-state index in [0.717, 1.165) is 0 Å². The number of hydrogen-bond donors (Lipinski definition) is 0. The molecule has 0 radical (unpaired) electrons. The van der Waals surface area contributed by atoms with Crippen LogP contribution in [0.3, 0.4) is 0 Å². The summed E-state index contributed by atoms with van der Waals surface area (Å²) in [6, 6.07) is 40.3. The highest BCUT2D eigenvalue weighted by atomic mass is 32.2. The Hall–Kier alpha value is -4.01. The summed E-state index contributed by atoms with van der Waals surface area (Å²) in [5, 5.41) is 2.50. The fourth-order valence-corrected chi connectivity index (χ4v) is 7.35. The molecule has 2 aliphatic rings. The maximum Gasteiger partial charge on any atom is 0.0468 e. The second-order valence-corrected chi connectivity index (χ2v) is 12.3. The van der Waals surface area contributed by atoms with E-state index in [1.807, 2.05) is 0 Å². The summed E-state index contributed by atoms with van der Waals surface area (Å²) in [5.74, 6) is 0.936. The van der Waals surface area contributed by atoms with Gasteiger partial charge in [-0.05, 0) is 93.1 Å². The monoisotopic (exact) mass is 535 g/mol. The molecule has 0 saturated heterocycles. The molecular formula is C38H33NS. The molecule has 5 aromatic rings. The van der Waals surface area contributed by atoms with Crippen LogP contribution in [-0.4, -0.2) is 6.26 Å². The van der Waals surface area contributed by atoms with Crippen molar-refractivity contribution in [1.82, 2.24) is 0 Å². The van der Waals surface area contributed by atoms with Crippen LogP contribution in [0.2, 0.25) is 0 Å². The highest BCUT2D eigenvalue weighted by molar-refractivity contribution is 7.98. The average Bonchev–Trinajstić information content (AvgIpc) is 3.24. The van der Waals surface area contributed by atoms with Crippen molar-refractivity contribution >= 4 is 39.6 Å². The molecule has 0 fully saturated rings. The van der Waals surface area contributed by atoms with Gasteiger partial charge in [0, 0.05) is 27.9 Å². The first-order valence-electron chi connectivity index (χ1n) is 14.1. The van der Waals surface area contributed by atoms with Gasteiger partial charge in [0.05, 0.1) is 0 Å². The lowest BCUT2D eigenvalue weighted by molar-refractivity contribution is 0.394. The molecule has 0 aromatic heterocycles. The van der Waals surface area contributed by atoms with Crippen LogP contribution in [0.5, 0.6) is 0 Å². The lowest BCUT2D eigenvalue weighted by atomic mass is 9.74. The van der Waals surface area contributed by atoms with Gasteiger partial charge in [-0.3, -0.25) is 0 Å². The van der Waals surface area contributed by atoms with Gasteiger partial charge in [-0.15, -0.1) is 11.8 Å². The van der Waals surface area contributed by atoms with Crippen molar-refractivity contribution in [2.75, 3.05) is 11.2 Å². The van der Waals surface area contributed by atoms with Gasteiger partial charge < -0.3 is 4.90 Å². The smallest absolute Gasteiger partial charge is 0.0468 e. The molecule has 0 heterocycles. The summed E-state index contributed by atoms with van der Waals surface area (Å²) in [6.07, 6.45) is 11.4. The first-order valence-corrected chi connectivity index (χ1v) is 15.3. The summed E-state index contributed by atoms with van der Waals surface area (Å²) in [6.45, 7) is 4.82. The SMILES string of the molecule is CSc1ccc(N(c2ccc3c(c2)C(C)(C)[C@H]2C=CC=CC32)c2ccc3ccccc3c2)cc1-c1ccccc1. The molecule has 7 rings (SSSR count). The maximum atomic E-state index is 2.45. The van der Waals surface area contributed by atoms with E-state index in [1.165, 1.54) is 55.0 Å². The molecule has 2 heteroatoms. The molecule has 40 heavy (non-hydrogen) atoms. The van der Waals surface area contributed by atoms with Crippen molar-refractivity contribution in [2.24, 2.45) is 5.92 Å². The minimum Gasteiger partial charge on any atom is -0.310 e. The number of rotatable bonds is 5. The van der Waals surface area contributed by atoms with Crippen LogP contribution in [0.25, 0.3) is 21.9 Å². The molecule has 1 unspecified atom stereocenters. The fourth-order valence-electron chi connectivity index (χ4n) is 6.75. The number of hydrogen-bond acceptors (Lipinski definition) is 2. The zero-order chi connectivity index (χ0) is 27.3. The Morgan fingerprint density at radius 1 is 0.650 bits per heavy atom. The number of anilines is 3. The van der Waals surface area contributed by atoms with Crippen LogP contribution in [-0.2, 0) is 5.41 Å². The lowest BCUT2D eigenvalue weighted by Crippen LogP contribution is -2.24. The van der Waals surface area contributed by atoms with Crippen LogP contribution in [0, 0.1) is 5.92 Å². The van der Waals surface area contributed by atoms with Crippen LogP contribution in [0.1, 0.15) is 30.9 Å². The van der Waals surface area contributed by atoms with Gasteiger partial charge in [-0.2, -0.15) is 0 Å².